The average molecular weight is 420 g/mol. The van der Waals surface area contributed by atoms with Crippen LogP contribution in [0.15, 0.2) is 53.0 Å². The lowest BCUT2D eigenvalue weighted by Gasteiger charge is -2.34. The smallest absolute Gasteiger partial charge is 0.143 e. The van der Waals surface area contributed by atoms with Crippen LogP contribution in [0.5, 0.6) is 5.75 Å². The molecule has 0 atom stereocenters. The fourth-order valence-corrected chi connectivity index (χ4v) is 3.55. The molecule has 1 heterocycles. The second kappa shape index (κ2) is 9.95. The summed E-state index contributed by atoms with van der Waals surface area (Å²) in [5, 5.41) is 0. The topological polar surface area (TPSA) is 30.9 Å². The molecule has 0 amide bonds. The molecule has 3 rings (SSSR count). The molecule has 5 heteroatoms. The number of rotatable bonds is 8. The minimum absolute atomic E-state index is 0.313. The van der Waals surface area contributed by atoms with Gasteiger partial charge in [-0.2, -0.15) is 0 Å². The lowest BCUT2D eigenvalue weighted by atomic mass is 10.1. The average Bonchev–Trinajstić information content (AvgIpc) is 2.69. The highest BCUT2D eigenvalue weighted by atomic mass is 79.9. The predicted molar refractivity (Wildman–Crippen MR) is 108 cm³/mol. The third-order valence-corrected chi connectivity index (χ3v) is 5.11. The number of anilines is 1. The Bertz CT molecular complexity index is 672. The first-order valence-electron chi connectivity index (χ1n) is 9.08. The molecule has 0 N–H and O–H groups in total. The maximum absolute atomic E-state index is 5.99. The van der Waals surface area contributed by atoms with Crippen molar-refractivity contribution >= 4 is 21.6 Å². The maximum Gasteiger partial charge on any atom is 0.143 e. The Morgan fingerprint density at radius 1 is 1.04 bits per heavy atom. The molecule has 0 aromatic heterocycles. The number of nitrogens with zero attached hydrogens (tertiary/aromatic N) is 1. The summed E-state index contributed by atoms with van der Waals surface area (Å²) in [6.07, 6.45) is 2.36. The molecule has 1 aliphatic rings. The summed E-state index contributed by atoms with van der Waals surface area (Å²) in [6.45, 7) is 3.89. The van der Waals surface area contributed by atoms with Gasteiger partial charge in [0.15, 0.2) is 0 Å². The molecule has 0 bridgehead atoms. The molecule has 0 saturated carbocycles. The van der Waals surface area contributed by atoms with Crippen molar-refractivity contribution < 1.29 is 14.2 Å². The zero-order valence-corrected chi connectivity index (χ0v) is 16.8. The Hall–Kier alpha value is -1.56. The molecule has 0 radical (unpaired) electrons. The van der Waals surface area contributed by atoms with Crippen LogP contribution >= 0.6 is 15.9 Å². The summed E-state index contributed by atoms with van der Waals surface area (Å²) in [7, 11) is 1.72. The van der Waals surface area contributed by atoms with Gasteiger partial charge >= 0.3 is 0 Å². The number of hydrogen-bond donors (Lipinski definition) is 0. The van der Waals surface area contributed by atoms with Crippen LogP contribution in [0, 0.1) is 0 Å². The molecule has 0 unspecified atom stereocenters. The van der Waals surface area contributed by atoms with Crippen molar-refractivity contribution in [2.24, 2.45) is 0 Å². The van der Waals surface area contributed by atoms with E-state index >= 15 is 0 Å². The number of ether oxygens (including phenoxy) is 3. The van der Waals surface area contributed by atoms with E-state index < -0.39 is 0 Å². The highest BCUT2D eigenvalue weighted by Crippen LogP contribution is 2.33. The van der Waals surface area contributed by atoms with Gasteiger partial charge in [0.25, 0.3) is 0 Å². The Morgan fingerprint density at radius 2 is 1.81 bits per heavy atom. The first kappa shape index (κ1) is 19.2. The van der Waals surface area contributed by atoms with Crippen LogP contribution in [0.3, 0.4) is 0 Å². The summed E-state index contributed by atoms with van der Waals surface area (Å²) >= 11 is 3.50. The van der Waals surface area contributed by atoms with Gasteiger partial charge in [0.05, 0.1) is 38.7 Å². The molecule has 2 aromatic rings. The molecule has 1 fully saturated rings. The molecule has 0 aliphatic carbocycles. The van der Waals surface area contributed by atoms with E-state index in [1.54, 1.807) is 7.11 Å². The van der Waals surface area contributed by atoms with Crippen LogP contribution in [-0.4, -0.2) is 39.5 Å². The molecule has 2 aromatic carbocycles. The summed E-state index contributed by atoms with van der Waals surface area (Å²) in [5.74, 6) is 0.910. The fraction of sp³-hybridized carbons (Fsp3) is 0.429. The molecular weight excluding hydrogens is 394 g/mol. The second-order valence-corrected chi connectivity index (χ2v) is 7.33. The Kier molecular flexibility index (Phi) is 7.35. The van der Waals surface area contributed by atoms with Crippen molar-refractivity contribution in [3.63, 3.8) is 0 Å². The van der Waals surface area contributed by atoms with Gasteiger partial charge in [-0.3, -0.25) is 0 Å². The largest absolute Gasteiger partial charge is 0.495 e. The summed E-state index contributed by atoms with van der Waals surface area (Å²) in [5.41, 5.74) is 2.35. The van der Waals surface area contributed by atoms with Gasteiger partial charge in [-0.15, -0.1) is 0 Å². The highest BCUT2D eigenvalue weighted by molar-refractivity contribution is 9.10. The standard InChI is InChI=1S/C21H26BrNO3/c1-24-21-15-18(22)7-8-20(21)23-11-9-19(10-12-23)26-14-13-25-16-17-5-3-2-4-6-17/h2-8,15,19H,9-14,16H2,1H3. The van der Waals surface area contributed by atoms with Crippen molar-refractivity contribution in [1.82, 2.24) is 0 Å². The minimum Gasteiger partial charge on any atom is -0.495 e. The van der Waals surface area contributed by atoms with Gasteiger partial charge < -0.3 is 19.1 Å². The van der Waals surface area contributed by atoms with Gasteiger partial charge in [-0.25, -0.2) is 0 Å². The van der Waals surface area contributed by atoms with Crippen molar-refractivity contribution in [2.45, 2.75) is 25.6 Å². The Labute approximate surface area is 164 Å². The lowest BCUT2D eigenvalue weighted by molar-refractivity contribution is -0.00860. The van der Waals surface area contributed by atoms with Gasteiger partial charge in [-0.1, -0.05) is 46.3 Å². The first-order valence-corrected chi connectivity index (χ1v) is 9.87. The first-order chi connectivity index (χ1) is 12.8. The van der Waals surface area contributed by atoms with Crippen molar-refractivity contribution in [3.05, 3.63) is 58.6 Å². The summed E-state index contributed by atoms with van der Waals surface area (Å²) in [4.78, 5) is 2.37. The van der Waals surface area contributed by atoms with E-state index in [0.29, 0.717) is 25.9 Å². The van der Waals surface area contributed by atoms with Crippen LogP contribution in [0.4, 0.5) is 5.69 Å². The van der Waals surface area contributed by atoms with E-state index in [2.05, 4.69) is 45.1 Å². The summed E-state index contributed by atoms with van der Waals surface area (Å²) < 4.78 is 18.2. The molecular formula is C21H26BrNO3. The number of piperidine rings is 1. The summed E-state index contributed by atoms with van der Waals surface area (Å²) in [6, 6.07) is 16.4. The lowest BCUT2D eigenvalue weighted by Crippen LogP contribution is -2.37. The third kappa shape index (κ3) is 5.47. The number of benzene rings is 2. The second-order valence-electron chi connectivity index (χ2n) is 6.41. The quantitative estimate of drug-likeness (QED) is 0.582. The molecule has 140 valence electrons. The van der Waals surface area contributed by atoms with E-state index in [1.807, 2.05) is 24.3 Å². The van der Waals surface area contributed by atoms with Gasteiger partial charge in [-0.05, 0) is 36.6 Å². The van der Waals surface area contributed by atoms with E-state index in [0.717, 1.165) is 41.8 Å². The van der Waals surface area contributed by atoms with E-state index in [1.165, 1.54) is 5.56 Å². The normalized spacial score (nSPS) is 15.2. The van der Waals surface area contributed by atoms with Crippen molar-refractivity contribution in [1.29, 1.82) is 0 Å². The monoisotopic (exact) mass is 419 g/mol. The van der Waals surface area contributed by atoms with E-state index in [4.69, 9.17) is 14.2 Å². The third-order valence-electron chi connectivity index (χ3n) is 4.62. The highest BCUT2D eigenvalue weighted by Gasteiger charge is 2.22. The zero-order valence-electron chi connectivity index (χ0n) is 15.2. The fourth-order valence-electron chi connectivity index (χ4n) is 3.21. The Morgan fingerprint density at radius 3 is 2.54 bits per heavy atom. The number of halogens is 1. The van der Waals surface area contributed by atoms with Crippen molar-refractivity contribution in [3.8, 4) is 5.75 Å². The SMILES string of the molecule is COc1cc(Br)ccc1N1CCC(OCCOCc2ccccc2)CC1. The van der Waals surface area contributed by atoms with Crippen LogP contribution in [0.2, 0.25) is 0 Å². The van der Waals surface area contributed by atoms with Crippen molar-refractivity contribution in [2.75, 3.05) is 38.3 Å². The maximum atomic E-state index is 5.99. The Balaban J connectivity index is 1.36. The predicted octanol–water partition coefficient (Wildman–Crippen LogP) is 4.66. The van der Waals surface area contributed by atoms with Crippen LogP contribution in [0.1, 0.15) is 18.4 Å². The van der Waals surface area contributed by atoms with Gasteiger partial charge in [0.1, 0.15) is 5.75 Å². The molecule has 0 spiro atoms. The molecule has 26 heavy (non-hydrogen) atoms. The minimum atomic E-state index is 0.313. The van der Waals surface area contributed by atoms with Crippen LogP contribution in [-0.2, 0) is 16.1 Å². The zero-order chi connectivity index (χ0) is 18.2. The van der Waals surface area contributed by atoms with Gasteiger partial charge in [0.2, 0.25) is 0 Å². The van der Waals surface area contributed by atoms with Gasteiger partial charge in [0, 0.05) is 17.6 Å². The molecule has 1 saturated heterocycles. The molecule has 1 aliphatic heterocycles. The van der Waals surface area contributed by atoms with Crippen LogP contribution < -0.4 is 9.64 Å². The molecule has 4 nitrogen and oxygen atoms in total. The number of hydrogen-bond acceptors (Lipinski definition) is 4. The van der Waals surface area contributed by atoms with Crippen LogP contribution in [0.25, 0.3) is 0 Å². The van der Waals surface area contributed by atoms with E-state index in [-0.39, 0.29) is 0 Å². The van der Waals surface area contributed by atoms with E-state index in [9.17, 15) is 0 Å². The number of methoxy groups -OCH3 is 1.